The lowest BCUT2D eigenvalue weighted by atomic mass is 10.2. The van der Waals surface area contributed by atoms with Crippen molar-refractivity contribution in [3.63, 3.8) is 0 Å². The van der Waals surface area contributed by atoms with E-state index in [1.165, 1.54) is 30.1 Å². The molecule has 1 atom stereocenters. The first-order chi connectivity index (χ1) is 17.6. The van der Waals surface area contributed by atoms with Crippen molar-refractivity contribution in [2.75, 3.05) is 33.4 Å². The van der Waals surface area contributed by atoms with Crippen LogP contribution in [0.15, 0.2) is 71.5 Å². The Hall–Kier alpha value is -3.27. The van der Waals surface area contributed by atoms with Gasteiger partial charge in [-0.25, -0.2) is 14.4 Å². The Morgan fingerprint density at radius 3 is 2.72 bits per heavy atom. The summed E-state index contributed by atoms with van der Waals surface area (Å²) in [4.78, 5) is 11.0. The second kappa shape index (κ2) is 11.2. The van der Waals surface area contributed by atoms with Gasteiger partial charge in [0.1, 0.15) is 30.6 Å². The Bertz CT molecular complexity index is 1340. The highest BCUT2D eigenvalue weighted by Crippen LogP contribution is 2.37. The number of rotatable bonds is 8. The first-order valence-corrected chi connectivity index (χ1v) is 12.3. The van der Waals surface area contributed by atoms with E-state index >= 15 is 0 Å². The highest BCUT2D eigenvalue weighted by molar-refractivity contribution is 9.10. The summed E-state index contributed by atoms with van der Waals surface area (Å²) in [7, 11) is 1.58. The van der Waals surface area contributed by atoms with Crippen molar-refractivity contribution in [3.8, 4) is 23.1 Å². The van der Waals surface area contributed by atoms with Gasteiger partial charge < -0.3 is 18.9 Å². The lowest BCUT2D eigenvalue weighted by molar-refractivity contribution is -0.0506. The molecule has 0 spiro atoms. The Morgan fingerprint density at radius 2 is 1.92 bits per heavy atom. The van der Waals surface area contributed by atoms with Gasteiger partial charge in [-0.05, 0) is 45.8 Å². The Labute approximate surface area is 216 Å². The van der Waals surface area contributed by atoms with Gasteiger partial charge >= 0.3 is 0 Å². The summed E-state index contributed by atoms with van der Waals surface area (Å²) in [6.45, 7) is 3.57. The van der Waals surface area contributed by atoms with E-state index in [0.717, 1.165) is 19.6 Å². The molecule has 1 saturated heterocycles. The van der Waals surface area contributed by atoms with Gasteiger partial charge in [-0.15, -0.1) is 0 Å². The summed E-state index contributed by atoms with van der Waals surface area (Å²) in [6, 6.07) is 18.2. The maximum atomic E-state index is 13.5. The van der Waals surface area contributed by atoms with E-state index in [9.17, 15) is 4.39 Å². The summed E-state index contributed by atoms with van der Waals surface area (Å²) in [5, 5.41) is 0.640. The molecule has 5 rings (SSSR count). The van der Waals surface area contributed by atoms with Crippen LogP contribution in [-0.2, 0) is 11.3 Å². The van der Waals surface area contributed by atoms with E-state index in [0.29, 0.717) is 51.7 Å². The predicted octanol–water partition coefficient (Wildman–Crippen LogP) is 5.61. The summed E-state index contributed by atoms with van der Waals surface area (Å²) in [5.41, 5.74) is 1.91. The highest BCUT2D eigenvalue weighted by Gasteiger charge is 2.22. The maximum Gasteiger partial charge on any atom is 0.230 e. The molecule has 186 valence electrons. The normalized spacial score (nSPS) is 16.1. The summed E-state index contributed by atoms with van der Waals surface area (Å²) < 4.78 is 37.6. The molecule has 1 unspecified atom stereocenters. The zero-order chi connectivity index (χ0) is 24.9. The minimum atomic E-state index is -0.365. The number of morpholine rings is 1. The van der Waals surface area contributed by atoms with Crippen molar-refractivity contribution in [3.05, 3.63) is 82.8 Å². The van der Waals surface area contributed by atoms with E-state index in [-0.39, 0.29) is 11.9 Å². The molecule has 1 aliphatic heterocycles. The monoisotopic (exact) mass is 553 g/mol. The van der Waals surface area contributed by atoms with Crippen LogP contribution < -0.4 is 14.2 Å². The van der Waals surface area contributed by atoms with Crippen molar-refractivity contribution < 1.29 is 23.3 Å². The molecular formula is C27H25BrFN3O4. The molecule has 1 aromatic heterocycles. The van der Waals surface area contributed by atoms with Crippen molar-refractivity contribution in [1.29, 1.82) is 0 Å². The van der Waals surface area contributed by atoms with E-state index in [4.69, 9.17) is 18.9 Å². The summed E-state index contributed by atoms with van der Waals surface area (Å²) >= 11 is 3.32. The van der Waals surface area contributed by atoms with Crippen LogP contribution in [0, 0.1) is 5.82 Å². The highest BCUT2D eigenvalue weighted by atomic mass is 79.9. The Balaban J connectivity index is 1.30. The number of halogens is 2. The number of nitrogens with zero attached hydrogens (tertiary/aromatic N) is 3. The smallest absolute Gasteiger partial charge is 0.230 e. The fraction of sp³-hybridized carbons (Fsp3) is 0.259. The summed E-state index contributed by atoms with van der Waals surface area (Å²) in [5.74, 6) is 1.48. The quantitative estimate of drug-likeness (QED) is 0.281. The number of hydrogen-bond acceptors (Lipinski definition) is 7. The van der Waals surface area contributed by atoms with E-state index < -0.39 is 0 Å². The van der Waals surface area contributed by atoms with Crippen molar-refractivity contribution >= 4 is 26.8 Å². The van der Waals surface area contributed by atoms with Gasteiger partial charge in [0.2, 0.25) is 5.88 Å². The molecule has 3 aromatic carbocycles. The molecule has 2 heterocycles. The standard InChI is InChI=1S/C27H25BrFN3O4/c1-33-25-12-21-23(30-17-31-27(21)36-24-8-7-19(29)11-22(24)28)13-26(25)35-16-20-15-32(9-10-34-20)14-18-5-3-2-4-6-18/h2-8,11-13,17,20H,9-10,14-16H2,1H3. The molecule has 0 aliphatic carbocycles. The average molecular weight is 554 g/mol. The molecule has 0 radical (unpaired) electrons. The fourth-order valence-corrected chi connectivity index (χ4v) is 4.54. The molecule has 1 fully saturated rings. The average Bonchev–Trinajstić information content (AvgIpc) is 2.89. The number of ether oxygens (including phenoxy) is 4. The Kier molecular flexibility index (Phi) is 7.60. The molecule has 9 heteroatoms. The molecular weight excluding hydrogens is 529 g/mol. The first kappa shape index (κ1) is 24.4. The fourth-order valence-electron chi connectivity index (χ4n) is 4.11. The number of benzene rings is 3. The molecule has 4 aromatic rings. The van der Waals surface area contributed by atoms with Gasteiger partial charge in [0.25, 0.3) is 0 Å². The van der Waals surface area contributed by atoms with Gasteiger partial charge in [0.15, 0.2) is 11.5 Å². The van der Waals surface area contributed by atoms with Crippen molar-refractivity contribution in [1.82, 2.24) is 14.9 Å². The molecule has 1 aliphatic rings. The lowest BCUT2D eigenvalue weighted by Crippen LogP contribution is -2.44. The third kappa shape index (κ3) is 5.75. The zero-order valence-electron chi connectivity index (χ0n) is 19.7. The minimum absolute atomic E-state index is 0.0667. The molecule has 0 amide bonds. The van der Waals surface area contributed by atoms with Crippen LogP contribution >= 0.6 is 15.9 Å². The molecule has 0 N–H and O–H groups in total. The van der Waals surface area contributed by atoms with Crippen LogP contribution in [0.3, 0.4) is 0 Å². The van der Waals surface area contributed by atoms with Crippen LogP contribution in [0.25, 0.3) is 10.9 Å². The van der Waals surface area contributed by atoms with Crippen LogP contribution in [0.5, 0.6) is 23.1 Å². The SMILES string of the molecule is COc1cc2c(Oc3ccc(F)cc3Br)ncnc2cc1OCC1CN(Cc2ccccc2)CCO1. The van der Waals surface area contributed by atoms with Gasteiger partial charge in [0.05, 0.1) is 29.1 Å². The van der Waals surface area contributed by atoms with Crippen LogP contribution in [0.2, 0.25) is 0 Å². The van der Waals surface area contributed by atoms with E-state index in [2.05, 4.69) is 55.1 Å². The topological polar surface area (TPSA) is 65.9 Å². The van der Waals surface area contributed by atoms with E-state index in [1.54, 1.807) is 19.2 Å². The molecule has 0 saturated carbocycles. The molecule has 7 nitrogen and oxygen atoms in total. The van der Waals surface area contributed by atoms with Gasteiger partial charge in [-0.3, -0.25) is 4.90 Å². The lowest BCUT2D eigenvalue weighted by Gasteiger charge is -2.32. The molecule has 36 heavy (non-hydrogen) atoms. The van der Waals surface area contributed by atoms with Crippen LogP contribution in [0.1, 0.15) is 5.56 Å². The number of methoxy groups -OCH3 is 1. The largest absolute Gasteiger partial charge is 0.493 e. The van der Waals surface area contributed by atoms with Crippen molar-refractivity contribution in [2.45, 2.75) is 12.6 Å². The third-order valence-electron chi connectivity index (χ3n) is 5.88. The predicted molar refractivity (Wildman–Crippen MR) is 137 cm³/mol. The third-order valence-corrected chi connectivity index (χ3v) is 6.50. The van der Waals surface area contributed by atoms with E-state index in [1.807, 2.05) is 6.07 Å². The zero-order valence-corrected chi connectivity index (χ0v) is 21.3. The second-order valence-corrected chi connectivity index (χ2v) is 9.25. The number of aromatic nitrogens is 2. The first-order valence-electron chi connectivity index (χ1n) is 11.6. The molecule has 0 bridgehead atoms. The minimum Gasteiger partial charge on any atom is -0.493 e. The second-order valence-electron chi connectivity index (χ2n) is 8.40. The number of fused-ring (bicyclic) bond motifs is 1. The van der Waals surface area contributed by atoms with Gasteiger partial charge in [0, 0.05) is 25.7 Å². The van der Waals surface area contributed by atoms with Gasteiger partial charge in [-0.1, -0.05) is 30.3 Å². The van der Waals surface area contributed by atoms with Crippen LogP contribution in [0.4, 0.5) is 4.39 Å². The van der Waals surface area contributed by atoms with Crippen LogP contribution in [-0.4, -0.2) is 54.4 Å². The van der Waals surface area contributed by atoms with Crippen molar-refractivity contribution in [2.24, 2.45) is 0 Å². The van der Waals surface area contributed by atoms with Gasteiger partial charge in [-0.2, -0.15) is 0 Å². The Morgan fingerprint density at radius 1 is 1.06 bits per heavy atom. The summed E-state index contributed by atoms with van der Waals surface area (Å²) in [6.07, 6.45) is 1.35. The maximum absolute atomic E-state index is 13.5. The number of hydrogen-bond donors (Lipinski definition) is 0.